The molecule has 0 bridgehead atoms. The van der Waals surface area contributed by atoms with Gasteiger partial charge >= 0.3 is 18.4 Å². The molecule has 1 aromatic carbocycles. The van der Waals surface area contributed by atoms with Crippen LogP contribution in [0.1, 0.15) is 29.5 Å². The molecule has 1 aliphatic carbocycles. The van der Waals surface area contributed by atoms with E-state index in [4.69, 9.17) is 11.6 Å². The van der Waals surface area contributed by atoms with E-state index >= 15 is 0 Å². The second-order valence-electron chi connectivity index (χ2n) is 5.69. The highest BCUT2D eigenvalue weighted by Gasteiger charge is 2.72. The Bertz CT molecular complexity index is 657. The summed E-state index contributed by atoms with van der Waals surface area (Å²) >= 11 is 5.17. The first kappa shape index (κ1) is 19.7. The molecule has 0 heterocycles. The number of hydrogen-bond donors (Lipinski definition) is 2. The van der Waals surface area contributed by atoms with E-state index in [2.05, 4.69) is 10.6 Å². The maximum Gasteiger partial charge on any atom is 0.420 e. The van der Waals surface area contributed by atoms with Gasteiger partial charge in [-0.15, -0.1) is 0 Å². The van der Waals surface area contributed by atoms with Crippen molar-refractivity contribution in [1.29, 1.82) is 0 Å². The minimum absolute atomic E-state index is 0.255. The van der Waals surface area contributed by atoms with Crippen molar-refractivity contribution in [1.82, 2.24) is 5.32 Å². The first-order chi connectivity index (χ1) is 11.4. The number of amides is 2. The summed E-state index contributed by atoms with van der Waals surface area (Å²) in [6.07, 6.45) is -9.51. The molecule has 0 fully saturated rings. The molecule has 0 saturated carbocycles. The molecular formula is C15H15ClF6N2O. The van der Waals surface area contributed by atoms with Crippen LogP contribution in [-0.2, 0) is 17.7 Å². The van der Waals surface area contributed by atoms with Crippen molar-refractivity contribution in [3.8, 4) is 0 Å². The van der Waals surface area contributed by atoms with Crippen molar-refractivity contribution in [2.45, 2.75) is 42.9 Å². The number of fused-ring (bicyclic) bond motifs is 1. The Hall–Kier alpha value is -1.64. The van der Waals surface area contributed by atoms with Gasteiger partial charge in [-0.1, -0.05) is 23.7 Å². The van der Waals surface area contributed by atoms with E-state index in [-0.39, 0.29) is 12.0 Å². The number of urea groups is 1. The van der Waals surface area contributed by atoms with Gasteiger partial charge in [0.1, 0.15) is 0 Å². The summed E-state index contributed by atoms with van der Waals surface area (Å²) in [6.45, 7) is 0. The van der Waals surface area contributed by atoms with E-state index in [1.165, 1.54) is 13.1 Å². The maximum atomic E-state index is 13.3. The monoisotopic (exact) mass is 388 g/mol. The van der Waals surface area contributed by atoms with E-state index in [1.807, 2.05) is 0 Å². The zero-order chi connectivity index (χ0) is 19.0. The van der Waals surface area contributed by atoms with Crippen LogP contribution in [0.2, 0.25) is 0 Å². The minimum atomic E-state index is -5.81. The molecule has 0 spiro atoms. The Kier molecular flexibility index (Phi) is 5.18. The first-order valence-electron chi connectivity index (χ1n) is 7.39. The molecule has 0 aromatic heterocycles. The fourth-order valence-electron chi connectivity index (χ4n) is 2.90. The van der Waals surface area contributed by atoms with Crippen LogP contribution in [0.25, 0.3) is 0 Å². The SMILES string of the molecule is CNC(=O)Nc1c(C(Cl)(C(F)(F)F)C(F)(F)F)ccc2c1CCCC2. The standard InChI is InChI=1S/C15H15ClF6N2O/c1-23-12(25)24-11-9-5-3-2-4-8(9)6-7-10(11)13(16,14(17,18)19)15(20,21)22/h6-7H,2-5H2,1H3,(H2,23,24,25). The lowest BCUT2D eigenvalue weighted by molar-refractivity contribution is -0.272. The van der Waals surface area contributed by atoms with E-state index in [0.717, 1.165) is 6.42 Å². The molecule has 25 heavy (non-hydrogen) atoms. The van der Waals surface area contributed by atoms with Crippen molar-refractivity contribution in [3.63, 3.8) is 0 Å². The molecule has 0 saturated heterocycles. The summed E-state index contributed by atoms with van der Waals surface area (Å²) in [5, 5.41) is 4.22. The summed E-state index contributed by atoms with van der Waals surface area (Å²) in [6, 6.07) is 0.986. The molecule has 2 N–H and O–H groups in total. The van der Waals surface area contributed by atoms with E-state index in [0.29, 0.717) is 24.5 Å². The fraction of sp³-hybridized carbons (Fsp3) is 0.533. The number of carbonyl (C=O) groups is 1. The highest BCUT2D eigenvalue weighted by atomic mass is 35.5. The fourth-order valence-corrected chi connectivity index (χ4v) is 3.06. The largest absolute Gasteiger partial charge is 0.420 e. The lowest BCUT2D eigenvalue weighted by Crippen LogP contribution is -2.50. The highest BCUT2D eigenvalue weighted by molar-refractivity contribution is 6.26. The van der Waals surface area contributed by atoms with Gasteiger partial charge < -0.3 is 10.6 Å². The van der Waals surface area contributed by atoms with Crippen LogP contribution >= 0.6 is 11.6 Å². The second-order valence-corrected chi connectivity index (χ2v) is 6.26. The third-order valence-corrected chi connectivity index (χ3v) is 4.78. The second kappa shape index (κ2) is 6.59. The normalized spacial score (nSPS) is 15.5. The molecule has 2 rings (SSSR count). The van der Waals surface area contributed by atoms with Gasteiger partial charge in [0.05, 0.1) is 5.69 Å². The van der Waals surface area contributed by atoms with Gasteiger partial charge in [0.2, 0.25) is 0 Å². The molecule has 3 nitrogen and oxygen atoms in total. The molecule has 1 aliphatic rings. The van der Waals surface area contributed by atoms with Gasteiger partial charge in [0, 0.05) is 12.6 Å². The summed E-state index contributed by atoms with van der Waals surface area (Å²) in [5.74, 6) is 0. The molecule has 0 unspecified atom stereocenters. The molecule has 10 heteroatoms. The number of halogens is 7. The van der Waals surface area contributed by atoms with Gasteiger partial charge in [0.25, 0.3) is 4.87 Å². The highest BCUT2D eigenvalue weighted by Crippen LogP contribution is 2.57. The third-order valence-electron chi connectivity index (χ3n) is 4.15. The van der Waals surface area contributed by atoms with Crippen molar-refractivity contribution in [2.24, 2.45) is 0 Å². The zero-order valence-corrected chi connectivity index (χ0v) is 13.8. The molecule has 140 valence electrons. The van der Waals surface area contributed by atoms with E-state index < -0.39 is 34.5 Å². The Balaban J connectivity index is 2.76. The van der Waals surface area contributed by atoms with Crippen molar-refractivity contribution in [3.05, 3.63) is 28.8 Å². The predicted molar refractivity (Wildman–Crippen MR) is 80.8 cm³/mol. The predicted octanol–water partition coefficient (Wildman–Crippen LogP) is 4.88. The van der Waals surface area contributed by atoms with Gasteiger partial charge in [-0.3, -0.25) is 0 Å². The lowest BCUT2D eigenvalue weighted by Gasteiger charge is -2.35. The molecular weight excluding hydrogens is 374 g/mol. The number of anilines is 1. The number of rotatable bonds is 2. The third kappa shape index (κ3) is 3.38. The Labute approximate surface area is 144 Å². The van der Waals surface area contributed by atoms with Crippen LogP contribution in [0, 0.1) is 0 Å². The smallest absolute Gasteiger partial charge is 0.341 e. The van der Waals surface area contributed by atoms with Gasteiger partial charge in [-0.25, -0.2) is 4.79 Å². The van der Waals surface area contributed by atoms with Gasteiger partial charge in [-0.05, 0) is 36.8 Å². The van der Waals surface area contributed by atoms with Crippen LogP contribution in [0.15, 0.2) is 12.1 Å². The number of aryl methyl sites for hydroxylation is 1. The topological polar surface area (TPSA) is 41.1 Å². The summed E-state index contributed by atoms with van der Waals surface area (Å²) in [7, 11) is 1.20. The van der Waals surface area contributed by atoms with E-state index in [9.17, 15) is 31.1 Å². The van der Waals surface area contributed by atoms with Gasteiger partial charge in [-0.2, -0.15) is 26.3 Å². The van der Waals surface area contributed by atoms with Crippen LogP contribution in [0.4, 0.5) is 36.8 Å². The lowest BCUT2D eigenvalue weighted by atomic mass is 9.84. The molecule has 1 aromatic rings. The Morgan fingerprint density at radius 1 is 1.04 bits per heavy atom. The number of carbonyl (C=O) groups excluding carboxylic acids is 1. The van der Waals surface area contributed by atoms with Crippen LogP contribution in [0.3, 0.4) is 0 Å². The first-order valence-corrected chi connectivity index (χ1v) is 7.77. The quantitative estimate of drug-likeness (QED) is 0.550. The molecule has 0 radical (unpaired) electrons. The average Bonchev–Trinajstić information content (AvgIpc) is 2.52. The summed E-state index contributed by atoms with van der Waals surface area (Å²) in [4.78, 5) is 7.00. The Morgan fingerprint density at radius 3 is 2.12 bits per heavy atom. The molecule has 0 atom stereocenters. The number of benzene rings is 1. The van der Waals surface area contributed by atoms with Crippen molar-refractivity contribution >= 4 is 23.3 Å². The van der Waals surface area contributed by atoms with Crippen LogP contribution in [-0.4, -0.2) is 25.4 Å². The Morgan fingerprint density at radius 2 is 1.60 bits per heavy atom. The van der Waals surface area contributed by atoms with Crippen molar-refractivity contribution in [2.75, 3.05) is 12.4 Å². The number of alkyl halides is 7. The summed E-state index contributed by atoms with van der Waals surface area (Å²) in [5.41, 5.74) is -0.893. The minimum Gasteiger partial charge on any atom is -0.341 e. The van der Waals surface area contributed by atoms with Crippen LogP contribution < -0.4 is 10.6 Å². The molecule has 2 amide bonds. The molecule has 0 aliphatic heterocycles. The van der Waals surface area contributed by atoms with Crippen LogP contribution in [0.5, 0.6) is 0 Å². The van der Waals surface area contributed by atoms with Gasteiger partial charge in [0.15, 0.2) is 0 Å². The zero-order valence-electron chi connectivity index (χ0n) is 13.0. The number of hydrogen-bond acceptors (Lipinski definition) is 1. The number of nitrogens with one attached hydrogen (secondary N) is 2. The summed E-state index contributed by atoms with van der Waals surface area (Å²) < 4.78 is 80.0. The maximum absolute atomic E-state index is 13.3. The van der Waals surface area contributed by atoms with E-state index in [1.54, 1.807) is 0 Å². The average molecular weight is 389 g/mol. The van der Waals surface area contributed by atoms with Crippen molar-refractivity contribution < 1.29 is 31.1 Å².